The van der Waals surface area contributed by atoms with E-state index in [1.807, 2.05) is 0 Å². The minimum absolute atomic E-state index is 0.581. The molecule has 1 aliphatic carbocycles. The summed E-state index contributed by atoms with van der Waals surface area (Å²) in [5.74, 6) is 1.65. The lowest BCUT2D eigenvalue weighted by atomic mass is 9.58. The van der Waals surface area contributed by atoms with Crippen LogP contribution in [-0.2, 0) is 0 Å². The fraction of sp³-hybridized carbons (Fsp3) is 1.00. The van der Waals surface area contributed by atoms with Crippen LogP contribution in [0.15, 0.2) is 0 Å². The van der Waals surface area contributed by atoms with E-state index < -0.39 is 0 Å². The fourth-order valence-electron chi connectivity index (χ4n) is 2.55. The zero-order chi connectivity index (χ0) is 9.35. The largest absolute Gasteiger partial charge is 0.316 e. The number of nitrogens with one attached hydrogen (secondary N) is 1. The second-order valence-electron chi connectivity index (χ2n) is 5.19. The Balaban J connectivity index is 2.56. The summed E-state index contributed by atoms with van der Waals surface area (Å²) >= 11 is 0. The second kappa shape index (κ2) is 3.37. The highest BCUT2D eigenvalue weighted by atomic mass is 14.9. The van der Waals surface area contributed by atoms with Gasteiger partial charge in [0, 0.05) is 6.04 Å². The van der Waals surface area contributed by atoms with Crippen LogP contribution in [0.25, 0.3) is 0 Å². The molecule has 1 nitrogen and oxygen atoms in total. The van der Waals surface area contributed by atoms with Crippen molar-refractivity contribution in [1.29, 1.82) is 0 Å². The van der Waals surface area contributed by atoms with Crippen LogP contribution in [0, 0.1) is 17.3 Å². The van der Waals surface area contributed by atoms with Gasteiger partial charge in [-0.25, -0.2) is 0 Å². The summed E-state index contributed by atoms with van der Waals surface area (Å²) in [4.78, 5) is 0. The number of hydrogen-bond donors (Lipinski definition) is 1. The number of hydrogen-bond acceptors (Lipinski definition) is 1. The van der Waals surface area contributed by atoms with Crippen molar-refractivity contribution in [2.24, 2.45) is 17.3 Å². The van der Waals surface area contributed by atoms with Crippen LogP contribution in [0.2, 0.25) is 0 Å². The van der Waals surface area contributed by atoms with Crippen molar-refractivity contribution in [2.75, 3.05) is 7.05 Å². The molecular formula is C11H23N. The average Bonchev–Trinajstić information content (AvgIpc) is 1.97. The molecule has 0 amide bonds. The minimum atomic E-state index is 0.581. The molecule has 0 aromatic heterocycles. The number of rotatable bonds is 3. The maximum atomic E-state index is 3.46. The van der Waals surface area contributed by atoms with Gasteiger partial charge in [0.2, 0.25) is 0 Å². The van der Waals surface area contributed by atoms with Gasteiger partial charge in [0.05, 0.1) is 0 Å². The van der Waals surface area contributed by atoms with E-state index in [1.165, 1.54) is 12.8 Å². The van der Waals surface area contributed by atoms with Crippen molar-refractivity contribution >= 4 is 0 Å². The molecule has 1 heteroatoms. The van der Waals surface area contributed by atoms with Crippen molar-refractivity contribution in [3.8, 4) is 0 Å². The first-order chi connectivity index (χ1) is 5.49. The lowest BCUT2D eigenvalue weighted by Crippen LogP contribution is -2.50. The van der Waals surface area contributed by atoms with Crippen molar-refractivity contribution in [3.05, 3.63) is 0 Å². The Hall–Kier alpha value is -0.0400. The van der Waals surface area contributed by atoms with Crippen LogP contribution in [0.5, 0.6) is 0 Å². The van der Waals surface area contributed by atoms with Crippen molar-refractivity contribution < 1.29 is 0 Å². The van der Waals surface area contributed by atoms with E-state index in [2.05, 4.69) is 40.1 Å². The first kappa shape index (κ1) is 10.0. The molecular weight excluding hydrogens is 146 g/mol. The van der Waals surface area contributed by atoms with Crippen LogP contribution < -0.4 is 5.32 Å². The van der Waals surface area contributed by atoms with Gasteiger partial charge in [0.25, 0.3) is 0 Å². The summed E-state index contributed by atoms with van der Waals surface area (Å²) in [7, 11) is 2.10. The maximum Gasteiger partial charge on any atom is 0.0120 e. The second-order valence-corrected chi connectivity index (χ2v) is 5.19. The van der Waals surface area contributed by atoms with Gasteiger partial charge in [-0.15, -0.1) is 0 Å². The Morgan fingerprint density at radius 3 is 2.00 bits per heavy atom. The molecule has 0 aliphatic heterocycles. The third kappa shape index (κ3) is 1.66. The molecule has 0 radical (unpaired) electrons. The normalized spacial score (nSPS) is 30.0. The highest BCUT2D eigenvalue weighted by Crippen LogP contribution is 2.48. The molecule has 0 spiro atoms. The van der Waals surface area contributed by atoms with Gasteiger partial charge >= 0.3 is 0 Å². The van der Waals surface area contributed by atoms with Crippen molar-refractivity contribution in [2.45, 2.75) is 46.6 Å². The average molecular weight is 169 g/mol. The van der Waals surface area contributed by atoms with Crippen molar-refractivity contribution in [3.63, 3.8) is 0 Å². The van der Waals surface area contributed by atoms with E-state index in [4.69, 9.17) is 0 Å². The Labute approximate surface area is 76.9 Å². The van der Waals surface area contributed by atoms with E-state index in [0.717, 1.165) is 11.8 Å². The summed E-state index contributed by atoms with van der Waals surface area (Å²) in [6.45, 7) is 9.42. The SMILES string of the molecule is CNC(C(C)C)C1CCC1(C)C. The quantitative estimate of drug-likeness (QED) is 0.685. The third-order valence-corrected chi connectivity index (χ3v) is 3.59. The first-order valence-corrected chi connectivity index (χ1v) is 5.16. The summed E-state index contributed by atoms with van der Waals surface area (Å²) in [5, 5.41) is 3.46. The molecule has 0 aromatic rings. The zero-order valence-corrected chi connectivity index (χ0v) is 9.15. The Bertz CT molecular complexity index is 147. The van der Waals surface area contributed by atoms with Gasteiger partial charge in [-0.2, -0.15) is 0 Å². The fourth-order valence-corrected chi connectivity index (χ4v) is 2.55. The predicted octanol–water partition coefficient (Wildman–Crippen LogP) is 2.67. The molecule has 0 aromatic carbocycles. The van der Waals surface area contributed by atoms with Gasteiger partial charge in [-0.1, -0.05) is 27.7 Å². The van der Waals surface area contributed by atoms with E-state index in [-0.39, 0.29) is 0 Å². The topological polar surface area (TPSA) is 12.0 Å². The summed E-state index contributed by atoms with van der Waals surface area (Å²) < 4.78 is 0. The van der Waals surface area contributed by atoms with E-state index >= 15 is 0 Å². The smallest absolute Gasteiger partial charge is 0.0120 e. The van der Waals surface area contributed by atoms with Gasteiger partial charge in [0.1, 0.15) is 0 Å². The highest BCUT2D eigenvalue weighted by Gasteiger charge is 2.43. The molecule has 2 unspecified atom stereocenters. The monoisotopic (exact) mass is 169 g/mol. The molecule has 0 saturated heterocycles. The van der Waals surface area contributed by atoms with Crippen LogP contribution in [0.3, 0.4) is 0 Å². The molecule has 1 N–H and O–H groups in total. The summed E-state index contributed by atoms with van der Waals surface area (Å²) in [6.07, 6.45) is 2.82. The molecule has 12 heavy (non-hydrogen) atoms. The van der Waals surface area contributed by atoms with E-state index in [1.54, 1.807) is 0 Å². The highest BCUT2D eigenvalue weighted by molar-refractivity contribution is 4.96. The molecule has 1 aliphatic rings. The molecule has 0 heterocycles. The molecule has 2 atom stereocenters. The van der Waals surface area contributed by atoms with Gasteiger partial charge in [-0.05, 0) is 37.1 Å². The van der Waals surface area contributed by atoms with E-state index in [9.17, 15) is 0 Å². The molecule has 1 rings (SSSR count). The predicted molar refractivity (Wildman–Crippen MR) is 54.2 cm³/mol. The molecule has 0 bridgehead atoms. The molecule has 72 valence electrons. The minimum Gasteiger partial charge on any atom is -0.316 e. The molecule has 1 fully saturated rings. The van der Waals surface area contributed by atoms with Crippen LogP contribution in [0.4, 0.5) is 0 Å². The van der Waals surface area contributed by atoms with Gasteiger partial charge < -0.3 is 5.32 Å². The van der Waals surface area contributed by atoms with E-state index in [0.29, 0.717) is 11.5 Å². The van der Waals surface area contributed by atoms with Gasteiger partial charge in [0.15, 0.2) is 0 Å². The molecule has 1 saturated carbocycles. The van der Waals surface area contributed by atoms with Crippen LogP contribution in [0.1, 0.15) is 40.5 Å². The summed E-state index contributed by atoms with van der Waals surface area (Å²) in [6, 6.07) is 0.716. The third-order valence-electron chi connectivity index (χ3n) is 3.59. The van der Waals surface area contributed by atoms with Crippen LogP contribution >= 0.6 is 0 Å². The maximum absolute atomic E-state index is 3.46. The lowest BCUT2D eigenvalue weighted by molar-refractivity contribution is 0.0248. The Morgan fingerprint density at radius 1 is 1.33 bits per heavy atom. The lowest BCUT2D eigenvalue weighted by Gasteiger charge is -2.50. The van der Waals surface area contributed by atoms with Gasteiger partial charge in [-0.3, -0.25) is 0 Å². The van der Waals surface area contributed by atoms with Crippen LogP contribution in [-0.4, -0.2) is 13.1 Å². The van der Waals surface area contributed by atoms with Crippen molar-refractivity contribution in [1.82, 2.24) is 5.32 Å². The summed E-state index contributed by atoms with van der Waals surface area (Å²) in [5.41, 5.74) is 0.581. The first-order valence-electron chi connectivity index (χ1n) is 5.16. The zero-order valence-electron chi connectivity index (χ0n) is 9.15. The standard InChI is InChI=1S/C11H23N/c1-8(2)10(12-5)9-6-7-11(9,3)4/h8-10,12H,6-7H2,1-5H3. The Kier molecular flexibility index (Phi) is 2.82. The Morgan fingerprint density at radius 2 is 1.92 bits per heavy atom.